The van der Waals surface area contributed by atoms with Gasteiger partial charge in [-0.3, -0.25) is 14.5 Å². The second-order valence-corrected chi connectivity index (χ2v) is 13.8. The first-order valence-corrected chi connectivity index (χ1v) is 15.2. The van der Waals surface area contributed by atoms with Crippen LogP contribution >= 0.6 is 0 Å². The molecule has 0 bridgehead atoms. The maximum Gasteiger partial charge on any atom is 0.410 e. The van der Waals surface area contributed by atoms with Gasteiger partial charge >= 0.3 is 12.1 Å². The number of nitrogens with one attached hydrogen (secondary N) is 1. The monoisotopic (exact) mass is 613 g/mol. The Kier molecular flexibility index (Phi) is 13.4. The molecule has 0 spiro atoms. The quantitative estimate of drug-likeness (QED) is 0.169. The summed E-state index contributed by atoms with van der Waals surface area (Å²) in [5.74, 6) is -1.40. The number of nitrogens with zero attached hydrogens (tertiary/aromatic N) is 2. The fraction of sp³-hybridized carbons (Fsp3) is 0.600. The Morgan fingerprint density at radius 1 is 0.955 bits per heavy atom. The van der Waals surface area contributed by atoms with Gasteiger partial charge in [-0.1, -0.05) is 84.0 Å². The van der Waals surface area contributed by atoms with E-state index in [2.05, 4.69) is 11.9 Å². The van der Waals surface area contributed by atoms with Crippen LogP contribution in [0, 0.1) is 11.3 Å². The smallest absolute Gasteiger partial charge is 0.410 e. The number of hydrogen-bond acceptors (Lipinski definition) is 6. The van der Waals surface area contributed by atoms with Crippen molar-refractivity contribution in [3.63, 3.8) is 0 Å². The van der Waals surface area contributed by atoms with Crippen LogP contribution in [0.15, 0.2) is 54.6 Å². The second kappa shape index (κ2) is 15.4. The Balaban J connectivity index is 3.66. The zero-order chi connectivity index (χ0) is 34.2. The summed E-state index contributed by atoms with van der Waals surface area (Å²) in [6.45, 7) is 24.1. The first-order chi connectivity index (χ1) is 20.1. The number of rotatable bonds is 13. The minimum Gasteiger partial charge on any atom is -0.463 e. The molecule has 9 heteroatoms. The normalized spacial score (nSPS) is 14.6. The molecule has 0 fully saturated rings. The van der Waals surface area contributed by atoms with Crippen LogP contribution in [0.1, 0.15) is 81.7 Å². The van der Waals surface area contributed by atoms with Gasteiger partial charge in [0.1, 0.15) is 17.7 Å². The van der Waals surface area contributed by atoms with E-state index in [1.165, 1.54) is 11.9 Å². The summed E-state index contributed by atoms with van der Waals surface area (Å²) >= 11 is 0. The third-order valence-corrected chi connectivity index (χ3v) is 7.82. The van der Waals surface area contributed by atoms with E-state index in [1.807, 2.05) is 71.9 Å². The van der Waals surface area contributed by atoms with Gasteiger partial charge in [-0.2, -0.15) is 0 Å². The van der Waals surface area contributed by atoms with Crippen molar-refractivity contribution < 1.29 is 28.7 Å². The molecular formula is C35H55N3O6. The third-order valence-electron chi connectivity index (χ3n) is 7.82. The van der Waals surface area contributed by atoms with E-state index in [0.717, 1.165) is 5.56 Å². The Hall–Kier alpha value is -3.62. The highest BCUT2D eigenvalue weighted by atomic mass is 16.6. The lowest BCUT2D eigenvalue weighted by Gasteiger charge is -2.42. The van der Waals surface area contributed by atoms with Crippen LogP contribution in [0.2, 0.25) is 0 Å². The van der Waals surface area contributed by atoms with Crippen molar-refractivity contribution in [1.29, 1.82) is 0 Å². The van der Waals surface area contributed by atoms with E-state index < -0.39 is 52.5 Å². The van der Waals surface area contributed by atoms with E-state index in [4.69, 9.17) is 9.47 Å². The van der Waals surface area contributed by atoms with Crippen LogP contribution in [-0.4, -0.2) is 78.1 Å². The maximum absolute atomic E-state index is 14.4. The third kappa shape index (κ3) is 9.96. The molecule has 1 aromatic rings. The topological polar surface area (TPSA) is 105 Å². The molecule has 0 aromatic heterocycles. The first kappa shape index (κ1) is 38.4. The van der Waals surface area contributed by atoms with Gasteiger partial charge in [0.15, 0.2) is 0 Å². The van der Waals surface area contributed by atoms with Crippen molar-refractivity contribution in [1.82, 2.24) is 15.1 Å². The fourth-order valence-electron chi connectivity index (χ4n) is 5.03. The van der Waals surface area contributed by atoms with Crippen molar-refractivity contribution in [2.75, 3.05) is 20.7 Å². The second-order valence-electron chi connectivity index (χ2n) is 13.8. The van der Waals surface area contributed by atoms with Crippen molar-refractivity contribution in [3.8, 4) is 0 Å². The predicted octanol–water partition coefficient (Wildman–Crippen LogP) is 5.89. The molecular weight excluding hydrogens is 558 g/mol. The SMILES string of the molecule is C=CC(C)(C)[C@H](NC(=O)[C@@H](N(C)C(=O)OC(C)(C)C)C(C)(C)c1ccccc1)C(=O)N(C)[C@H](C=C(C)C(=O)OCC)C(C)C. The molecule has 0 aliphatic heterocycles. The summed E-state index contributed by atoms with van der Waals surface area (Å²) in [5, 5.41) is 2.99. The molecule has 3 atom stereocenters. The maximum atomic E-state index is 14.4. The molecule has 0 heterocycles. The molecule has 0 aliphatic carbocycles. The lowest BCUT2D eigenvalue weighted by Crippen LogP contribution is -2.63. The summed E-state index contributed by atoms with van der Waals surface area (Å²) in [7, 11) is 3.18. The molecule has 0 unspecified atom stereocenters. The van der Waals surface area contributed by atoms with Crippen molar-refractivity contribution in [3.05, 3.63) is 60.2 Å². The number of ether oxygens (including phenoxy) is 2. The lowest BCUT2D eigenvalue weighted by atomic mass is 9.76. The number of esters is 1. The number of benzene rings is 1. The average Bonchev–Trinajstić information content (AvgIpc) is 2.93. The fourth-order valence-corrected chi connectivity index (χ4v) is 5.03. The molecule has 1 aromatic carbocycles. The molecule has 0 saturated carbocycles. The van der Waals surface area contributed by atoms with Gasteiger partial charge in [0.2, 0.25) is 11.8 Å². The van der Waals surface area contributed by atoms with Gasteiger partial charge in [-0.15, -0.1) is 6.58 Å². The summed E-state index contributed by atoms with van der Waals surface area (Å²) in [6, 6.07) is 6.88. The van der Waals surface area contributed by atoms with Crippen molar-refractivity contribution >= 4 is 23.9 Å². The Morgan fingerprint density at radius 3 is 1.95 bits per heavy atom. The highest BCUT2D eigenvalue weighted by molar-refractivity contribution is 5.93. The van der Waals surface area contributed by atoms with Crippen LogP contribution < -0.4 is 5.32 Å². The van der Waals surface area contributed by atoms with E-state index in [9.17, 15) is 19.2 Å². The van der Waals surface area contributed by atoms with Crippen LogP contribution in [0.4, 0.5) is 4.79 Å². The minimum atomic E-state index is -1.05. The van der Waals surface area contributed by atoms with Gasteiger partial charge in [-0.05, 0) is 46.1 Å². The van der Waals surface area contributed by atoms with Crippen LogP contribution in [0.5, 0.6) is 0 Å². The van der Waals surface area contributed by atoms with Gasteiger partial charge in [-0.25, -0.2) is 9.59 Å². The highest BCUT2D eigenvalue weighted by Gasteiger charge is 2.46. The van der Waals surface area contributed by atoms with Crippen molar-refractivity contribution in [2.45, 2.75) is 105 Å². The Morgan fingerprint density at radius 2 is 1.50 bits per heavy atom. The molecule has 44 heavy (non-hydrogen) atoms. The molecule has 3 amide bonds. The van der Waals surface area contributed by atoms with E-state index in [0.29, 0.717) is 5.57 Å². The Bertz CT molecular complexity index is 1200. The molecule has 0 radical (unpaired) electrons. The summed E-state index contributed by atoms with van der Waals surface area (Å²) in [6.07, 6.45) is 2.68. The zero-order valence-corrected chi connectivity index (χ0v) is 29.1. The first-order valence-electron chi connectivity index (χ1n) is 15.2. The number of amides is 3. The van der Waals surface area contributed by atoms with Crippen LogP contribution in [-0.2, 0) is 29.3 Å². The van der Waals surface area contributed by atoms with E-state index in [-0.39, 0.29) is 18.4 Å². The van der Waals surface area contributed by atoms with Crippen LogP contribution in [0.3, 0.4) is 0 Å². The summed E-state index contributed by atoms with van der Waals surface area (Å²) in [5.41, 5.74) is -1.32. The van der Waals surface area contributed by atoms with Crippen LogP contribution in [0.25, 0.3) is 0 Å². The standard InChI is InChI=1S/C35H55N3O6/c1-15-34(9,10)27(30(40)37(13)26(23(3)4)22-24(5)31(41)43-16-2)36-29(39)28(38(14)32(42)44-33(6,7)8)35(11,12)25-20-18-17-19-21-25/h15,17-23,26-28H,1,16H2,2-14H3,(H,36,39)/t26-,27-,28-/m1/s1. The summed E-state index contributed by atoms with van der Waals surface area (Å²) in [4.78, 5) is 57.1. The van der Waals surface area contributed by atoms with Gasteiger partial charge in [0, 0.05) is 30.5 Å². The Labute approximate surface area is 265 Å². The lowest BCUT2D eigenvalue weighted by molar-refractivity contribution is -0.141. The molecule has 0 aliphatic rings. The number of likely N-dealkylation sites (N-methyl/N-ethyl adjacent to an activating group) is 2. The zero-order valence-electron chi connectivity index (χ0n) is 29.1. The molecule has 0 saturated heterocycles. The van der Waals surface area contributed by atoms with Crippen molar-refractivity contribution in [2.24, 2.45) is 11.3 Å². The average molecular weight is 614 g/mol. The van der Waals surface area contributed by atoms with E-state index in [1.54, 1.807) is 58.7 Å². The van der Waals surface area contributed by atoms with Gasteiger partial charge < -0.3 is 19.7 Å². The highest BCUT2D eigenvalue weighted by Crippen LogP contribution is 2.32. The largest absolute Gasteiger partial charge is 0.463 e. The molecule has 1 rings (SSSR count). The minimum absolute atomic E-state index is 0.0559. The molecule has 9 nitrogen and oxygen atoms in total. The van der Waals surface area contributed by atoms with E-state index >= 15 is 0 Å². The number of carbonyl (C=O) groups excluding carboxylic acids is 4. The predicted molar refractivity (Wildman–Crippen MR) is 175 cm³/mol. The summed E-state index contributed by atoms with van der Waals surface area (Å²) < 4.78 is 10.8. The molecule has 1 N–H and O–H groups in total. The van der Waals surface area contributed by atoms with Gasteiger partial charge in [0.25, 0.3) is 0 Å². The number of carbonyl (C=O) groups is 4. The van der Waals surface area contributed by atoms with Gasteiger partial charge in [0.05, 0.1) is 12.6 Å². The number of hydrogen-bond donors (Lipinski definition) is 1. The molecule has 246 valence electrons.